The first kappa shape index (κ1) is 16.3. The number of carboxylic acid groups (broad SMARTS) is 1. The highest BCUT2D eigenvalue weighted by Gasteiger charge is 2.30. The van der Waals surface area contributed by atoms with Crippen molar-refractivity contribution in [2.45, 2.75) is 25.7 Å². The highest BCUT2D eigenvalue weighted by atomic mass is 32.2. The number of carbonyl (C=O) groups is 2. The summed E-state index contributed by atoms with van der Waals surface area (Å²) in [4.78, 5) is 22.7. The fourth-order valence-corrected chi connectivity index (χ4v) is 3.10. The Morgan fingerprint density at radius 2 is 2.11 bits per heavy atom. The minimum atomic E-state index is -0.728. The van der Waals surface area contributed by atoms with E-state index >= 15 is 0 Å². The molecule has 0 aliphatic heterocycles. The fourth-order valence-electron chi connectivity index (χ4n) is 2.38. The Labute approximate surface area is 118 Å². The monoisotopic (exact) mass is 289 g/mol. The highest BCUT2D eigenvalue weighted by Crippen LogP contribution is 2.29. The highest BCUT2D eigenvalue weighted by molar-refractivity contribution is 7.99. The number of hydrogen-bond acceptors (Lipinski definition) is 4. The Morgan fingerprint density at radius 3 is 2.79 bits per heavy atom. The zero-order chi connectivity index (χ0) is 14.1. The Balaban J connectivity index is 2.22. The van der Waals surface area contributed by atoms with Crippen LogP contribution in [0.25, 0.3) is 0 Å². The lowest BCUT2D eigenvalue weighted by Crippen LogP contribution is -2.37. The summed E-state index contributed by atoms with van der Waals surface area (Å²) in [5, 5.41) is 12.0. The SMILES string of the molecule is COCCSCC(=O)NCC1CCCCC1C(=O)O. The molecule has 2 unspecified atom stereocenters. The molecule has 0 spiro atoms. The van der Waals surface area contributed by atoms with Crippen LogP contribution in [0.1, 0.15) is 25.7 Å². The number of thioether (sulfide) groups is 1. The van der Waals surface area contributed by atoms with Gasteiger partial charge in [-0.2, -0.15) is 0 Å². The van der Waals surface area contributed by atoms with Crippen LogP contribution < -0.4 is 5.32 Å². The molecule has 1 aliphatic rings. The van der Waals surface area contributed by atoms with Gasteiger partial charge in [-0.25, -0.2) is 0 Å². The van der Waals surface area contributed by atoms with Crippen molar-refractivity contribution >= 4 is 23.6 Å². The molecule has 0 bridgehead atoms. The maximum absolute atomic E-state index is 11.6. The number of aliphatic carboxylic acids is 1. The van der Waals surface area contributed by atoms with E-state index in [0.29, 0.717) is 18.9 Å². The van der Waals surface area contributed by atoms with Crippen LogP contribution >= 0.6 is 11.8 Å². The van der Waals surface area contributed by atoms with Gasteiger partial charge >= 0.3 is 5.97 Å². The topological polar surface area (TPSA) is 75.6 Å². The molecule has 0 heterocycles. The van der Waals surface area contributed by atoms with Crippen molar-refractivity contribution in [3.63, 3.8) is 0 Å². The molecule has 2 N–H and O–H groups in total. The third-order valence-corrected chi connectivity index (χ3v) is 4.37. The summed E-state index contributed by atoms with van der Waals surface area (Å²) in [6, 6.07) is 0. The fraction of sp³-hybridized carbons (Fsp3) is 0.846. The standard InChI is InChI=1S/C13H23NO4S/c1-18-6-7-19-9-12(15)14-8-10-4-2-3-5-11(10)13(16)17/h10-11H,2-9H2,1H3,(H,14,15)(H,16,17). The summed E-state index contributed by atoms with van der Waals surface area (Å²) in [6.07, 6.45) is 3.67. The van der Waals surface area contributed by atoms with Crippen LogP contribution in [0.3, 0.4) is 0 Å². The quantitative estimate of drug-likeness (QED) is 0.660. The summed E-state index contributed by atoms with van der Waals surface area (Å²) in [7, 11) is 1.63. The second-order valence-electron chi connectivity index (χ2n) is 4.84. The van der Waals surface area contributed by atoms with Crippen molar-refractivity contribution < 1.29 is 19.4 Å². The van der Waals surface area contributed by atoms with E-state index in [1.54, 1.807) is 7.11 Å². The molecule has 0 radical (unpaired) electrons. The molecule has 0 saturated heterocycles. The van der Waals surface area contributed by atoms with Crippen molar-refractivity contribution in [1.29, 1.82) is 0 Å². The molecule has 0 aromatic rings. The molecule has 5 nitrogen and oxygen atoms in total. The molecule has 2 atom stereocenters. The molecule has 1 aliphatic carbocycles. The summed E-state index contributed by atoms with van der Waals surface area (Å²) in [5.41, 5.74) is 0. The maximum Gasteiger partial charge on any atom is 0.306 e. The van der Waals surface area contributed by atoms with Crippen LogP contribution in [-0.2, 0) is 14.3 Å². The molecular formula is C13H23NO4S. The first-order chi connectivity index (χ1) is 9.15. The molecule has 0 aromatic carbocycles. The third-order valence-electron chi connectivity index (χ3n) is 3.45. The van der Waals surface area contributed by atoms with E-state index in [0.717, 1.165) is 31.4 Å². The maximum atomic E-state index is 11.6. The average molecular weight is 289 g/mol. The lowest BCUT2D eigenvalue weighted by Gasteiger charge is -2.28. The van der Waals surface area contributed by atoms with E-state index in [-0.39, 0.29) is 17.7 Å². The van der Waals surface area contributed by atoms with Crippen molar-refractivity contribution in [2.75, 3.05) is 31.8 Å². The van der Waals surface area contributed by atoms with E-state index in [1.807, 2.05) is 0 Å². The van der Waals surface area contributed by atoms with Crippen LogP contribution in [0.5, 0.6) is 0 Å². The van der Waals surface area contributed by atoms with Gasteiger partial charge in [0.25, 0.3) is 0 Å². The third kappa shape index (κ3) is 6.29. The van der Waals surface area contributed by atoms with Gasteiger partial charge in [-0.3, -0.25) is 9.59 Å². The van der Waals surface area contributed by atoms with E-state index in [9.17, 15) is 9.59 Å². The number of amides is 1. The molecule has 6 heteroatoms. The molecule has 110 valence electrons. The molecule has 19 heavy (non-hydrogen) atoms. The van der Waals surface area contributed by atoms with Gasteiger partial charge in [-0.05, 0) is 18.8 Å². The van der Waals surface area contributed by atoms with Gasteiger partial charge in [0.15, 0.2) is 0 Å². The van der Waals surface area contributed by atoms with E-state index < -0.39 is 5.97 Å². The number of nitrogens with one attached hydrogen (secondary N) is 1. The molecule has 1 amide bonds. The Bertz CT molecular complexity index is 298. The second kappa shape index (κ2) is 9.20. The molecule has 0 aromatic heterocycles. The molecule has 1 saturated carbocycles. The van der Waals surface area contributed by atoms with Crippen LogP contribution in [0.15, 0.2) is 0 Å². The van der Waals surface area contributed by atoms with E-state index in [4.69, 9.17) is 9.84 Å². The number of carboxylic acids is 1. The van der Waals surface area contributed by atoms with Crippen molar-refractivity contribution in [3.8, 4) is 0 Å². The van der Waals surface area contributed by atoms with Gasteiger partial charge in [-0.15, -0.1) is 11.8 Å². The Kier molecular flexibility index (Phi) is 7.90. The minimum absolute atomic E-state index is 0.0178. The van der Waals surface area contributed by atoms with Gasteiger partial charge in [0.05, 0.1) is 18.3 Å². The number of carbonyl (C=O) groups excluding carboxylic acids is 1. The Hall–Kier alpha value is -0.750. The predicted molar refractivity (Wildman–Crippen MR) is 75.3 cm³/mol. The Morgan fingerprint density at radius 1 is 1.37 bits per heavy atom. The summed E-state index contributed by atoms with van der Waals surface area (Å²) in [5.74, 6) is 0.248. The summed E-state index contributed by atoms with van der Waals surface area (Å²) < 4.78 is 4.90. The van der Waals surface area contributed by atoms with Crippen LogP contribution in [-0.4, -0.2) is 48.8 Å². The van der Waals surface area contributed by atoms with Crippen LogP contribution in [0, 0.1) is 11.8 Å². The van der Waals surface area contributed by atoms with Crippen LogP contribution in [0.2, 0.25) is 0 Å². The summed E-state index contributed by atoms with van der Waals surface area (Å²) >= 11 is 1.53. The zero-order valence-corrected chi connectivity index (χ0v) is 12.2. The average Bonchev–Trinajstić information content (AvgIpc) is 2.41. The van der Waals surface area contributed by atoms with Gasteiger partial charge in [-0.1, -0.05) is 12.8 Å². The molecular weight excluding hydrogens is 266 g/mol. The zero-order valence-electron chi connectivity index (χ0n) is 11.4. The number of methoxy groups -OCH3 is 1. The molecule has 1 rings (SSSR count). The van der Waals surface area contributed by atoms with Crippen molar-refractivity contribution in [1.82, 2.24) is 5.32 Å². The van der Waals surface area contributed by atoms with Gasteiger partial charge < -0.3 is 15.2 Å². The summed E-state index contributed by atoms with van der Waals surface area (Å²) in [6.45, 7) is 1.13. The normalized spacial score (nSPS) is 23.0. The van der Waals surface area contributed by atoms with E-state index in [2.05, 4.69) is 5.32 Å². The lowest BCUT2D eigenvalue weighted by atomic mass is 9.79. The van der Waals surface area contributed by atoms with Gasteiger partial charge in [0.2, 0.25) is 5.91 Å². The lowest BCUT2D eigenvalue weighted by molar-refractivity contribution is -0.145. The molecule has 1 fully saturated rings. The number of ether oxygens (including phenoxy) is 1. The van der Waals surface area contributed by atoms with Crippen molar-refractivity contribution in [3.05, 3.63) is 0 Å². The first-order valence-corrected chi connectivity index (χ1v) is 7.86. The smallest absolute Gasteiger partial charge is 0.306 e. The van der Waals surface area contributed by atoms with Gasteiger partial charge in [0, 0.05) is 19.4 Å². The largest absolute Gasteiger partial charge is 0.481 e. The van der Waals surface area contributed by atoms with E-state index in [1.165, 1.54) is 11.8 Å². The predicted octanol–water partition coefficient (Wildman–Crippen LogP) is 1.37. The number of rotatable bonds is 8. The first-order valence-electron chi connectivity index (χ1n) is 6.71. The van der Waals surface area contributed by atoms with Crippen molar-refractivity contribution in [2.24, 2.45) is 11.8 Å². The minimum Gasteiger partial charge on any atom is -0.481 e. The second-order valence-corrected chi connectivity index (χ2v) is 5.94. The number of hydrogen-bond donors (Lipinski definition) is 2. The van der Waals surface area contributed by atoms with Gasteiger partial charge in [0.1, 0.15) is 0 Å². The van der Waals surface area contributed by atoms with Crippen LogP contribution in [0.4, 0.5) is 0 Å².